The molecule has 2 heterocycles. The van der Waals surface area contributed by atoms with Gasteiger partial charge in [-0.05, 0) is 62.1 Å². The summed E-state index contributed by atoms with van der Waals surface area (Å²) in [6.07, 6.45) is 2.26. The molecule has 0 spiro atoms. The Morgan fingerprint density at radius 2 is 1.58 bits per heavy atom. The number of phenols is 1. The highest BCUT2D eigenvalue weighted by molar-refractivity contribution is 6.25. The molecule has 10 heteroatoms. The Morgan fingerprint density at radius 3 is 2.29 bits per heavy atom. The molecule has 4 aliphatic rings. The molecule has 7 rings (SSSR count). The highest BCUT2D eigenvalue weighted by Crippen LogP contribution is 2.64. The first-order valence-corrected chi connectivity index (χ1v) is 14.8. The summed E-state index contributed by atoms with van der Waals surface area (Å²) >= 11 is 0. The molecule has 3 fully saturated rings. The van der Waals surface area contributed by atoms with Crippen LogP contribution in [0.15, 0.2) is 84.4 Å². The predicted octanol–water partition coefficient (Wildman–Crippen LogP) is 4.53. The second-order valence-electron chi connectivity index (χ2n) is 12.3. The molecular weight excluding hydrogens is 576 g/mol. The van der Waals surface area contributed by atoms with Gasteiger partial charge in [0.1, 0.15) is 0 Å². The summed E-state index contributed by atoms with van der Waals surface area (Å²) in [6, 6.07) is 19.4. The number of methoxy groups -OCH3 is 1. The van der Waals surface area contributed by atoms with Crippen LogP contribution < -0.4 is 14.5 Å². The first-order chi connectivity index (χ1) is 21.6. The molecule has 2 N–H and O–H groups in total. The van der Waals surface area contributed by atoms with Gasteiger partial charge in [0.15, 0.2) is 11.5 Å². The molecule has 2 saturated heterocycles. The van der Waals surface area contributed by atoms with Crippen LogP contribution >= 0.6 is 0 Å². The number of carboxylic acids is 1. The van der Waals surface area contributed by atoms with Gasteiger partial charge in [-0.1, -0.05) is 48.0 Å². The number of aromatic hydroxyl groups is 1. The van der Waals surface area contributed by atoms with Crippen molar-refractivity contribution >= 4 is 41.0 Å². The van der Waals surface area contributed by atoms with Gasteiger partial charge in [-0.3, -0.25) is 24.1 Å². The first-order valence-electron chi connectivity index (χ1n) is 14.8. The van der Waals surface area contributed by atoms with E-state index in [0.717, 1.165) is 10.5 Å². The van der Waals surface area contributed by atoms with Crippen LogP contribution in [0.5, 0.6) is 11.5 Å². The summed E-state index contributed by atoms with van der Waals surface area (Å²) in [5, 5.41) is 20.9. The summed E-state index contributed by atoms with van der Waals surface area (Å²) < 4.78 is 5.41. The number of ether oxygens (including phenoxy) is 1. The number of fused-ring (bicyclic) bond motifs is 4. The number of benzene rings is 3. The zero-order chi connectivity index (χ0) is 31.8. The van der Waals surface area contributed by atoms with Gasteiger partial charge in [-0.15, -0.1) is 0 Å². The molecule has 3 aromatic carbocycles. The molecule has 0 aromatic heterocycles. The number of nitrogens with zero attached hydrogens (tertiary/aromatic N) is 2. The minimum absolute atomic E-state index is 0.0557. The molecule has 3 aromatic rings. The number of amides is 4. The lowest BCUT2D eigenvalue weighted by Crippen LogP contribution is -2.48. The van der Waals surface area contributed by atoms with Crippen LogP contribution in [0.2, 0.25) is 0 Å². The molecule has 45 heavy (non-hydrogen) atoms. The zero-order valence-electron chi connectivity index (χ0n) is 24.5. The van der Waals surface area contributed by atoms with Gasteiger partial charge >= 0.3 is 5.97 Å². The van der Waals surface area contributed by atoms with Crippen LogP contribution in [-0.2, 0) is 19.2 Å². The van der Waals surface area contributed by atoms with Gasteiger partial charge in [-0.25, -0.2) is 9.69 Å². The van der Waals surface area contributed by atoms with Crippen molar-refractivity contribution < 1.29 is 38.9 Å². The van der Waals surface area contributed by atoms with Crippen LogP contribution in [0.4, 0.5) is 11.4 Å². The number of para-hydroxylation sites is 2. The van der Waals surface area contributed by atoms with E-state index in [-0.39, 0.29) is 35.6 Å². The van der Waals surface area contributed by atoms with Gasteiger partial charge in [0.2, 0.25) is 23.6 Å². The van der Waals surface area contributed by atoms with Crippen molar-refractivity contribution in [1.29, 1.82) is 0 Å². The van der Waals surface area contributed by atoms with E-state index in [1.54, 1.807) is 55.5 Å². The van der Waals surface area contributed by atoms with E-state index in [1.165, 1.54) is 36.3 Å². The monoisotopic (exact) mass is 606 g/mol. The summed E-state index contributed by atoms with van der Waals surface area (Å²) in [6.45, 7) is 1.75. The van der Waals surface area contributed by atoms with Crippen molar-refractivity contribution in [3.05, 3.63) is 95.6 Å². The third kappa shape index (κ3) is 3.91. The minimum atomic E-state index is -1.31. The topological polar surface area (TPSA) is 142 Å². The van der Waals surface area contributed by atoms with E-state index in [1.807, 2.05) is 6.08 Å². The number of hydrogen-bond donors (Lipinski definition) is 2. The van der Waals surface area contributed by atoms with Gasteiger partial charge in [0.25, 0.3) is 0 Å². The molecule has 10 nitrogen and oxygen atoms in total. The Labute approximate surface area is 258 Å². The van der Waals surface area contributed by atoms with Gasteiger partial charge in [-0.2, -0.15) is 0 Å². The van der Waals surface area contributed by atoms with Gasteiger partial charge in [0, 0.05) is 11.5 Å². The maximum Gasteiger partial charge on any atom is 0.335 e. The smallest absolute Gasteiger partial charge is 0.335 e. The summed E-state index contributed by atoms with van der Waals surface area (Å²) in [7, 11) is 1.43. The lowest BCUT2D eigenvalue weighted by molar-refractivity contribution is -0.131. The molecule has 0 unspecified atom stereocenters. The number of carbonyl (C=O) groups is 5. The molecule has 228 valence electrons. The van der Waals surface area contributed by atoms with E-state index in [9.17, 15) is 34.2 Å². The Kier molecular flexibility index (Phi) is 6.43. The number of carbonyl (C=O) groups excluding carboxylic acids is 4. The molecule has 4 amide bonds. The third-order valence-electron chi connectivity index (χ3n) is 10.2. The Hall–Kier alpha value is -5.25. The highest BCUT2D eigenvalue weighted by atomic mass is 16.5. The van der Waals surface area contributed by atoms with Crippen molar-refractivity contribution in [2.75, 3.05) is 16.9 Å². The van der Waals surface area contributed by atoms with Crippen molar-refractivity contribution in [3.8, 4) is 11.5 Å². The van der Waals surface area contributed by atoms with Crippen LogP contribution in [0, 0.1) is 29.1 Å². The maximum absolute atomic E-state index is 14.5. The van der Waals surface area contributed by atoms with Crippen LogP contribution in [0.3, 0.4) is 0 Å². The van der Waals surface area contributed by atoms with Crippen molar-refractivity contribution in [2.45, 2.75) is 25.7 Å². The lowest BCUT2D eigenvalue weighted by atomic mass is 9.51. The number of carboxylic acid groups (broad SMARTS) is 1. The normalized spacial score (nSPS) is 28.8. The fourth-order valence-corrected chi connectivity index (χ4v) is 8.15. The fraction of sp³-hybridized carbons (Fsp3) is 0.286. The average Bonchev–Trinajstić information content (AvgIpc) is 3.41. The SMILES string of the molecule is COc1cccc([C@H]2C3=CC[C@@H]4C(=O)N(c5cccc(C(=O)O)c5)C(=O)[C@@H]4[C@@H]3C[C@H]3C(=O)N(c4ccccc4)C(=O)[C@@]23C)c1O. The molecule has 0 bridgehead atoms. The number of rotatable bonds is 5. The maximum atomic E-state index is 14.5. The van der Waals surface area contributed by atoms with Crippen LogP contribution in [0.1, 0.15) is 41.6 Å². The number of phenolic OH excluding ortho intramolecular Hbond substituents is 1. The Bertz CT molecular complexity index is 1830. The van der Waals surface area contributed by atoms with E-state index in [4.69, 9.17) is 4.74 Å². The van der Waals surface area contributed by atoms with E-state index in [0.29, 0.717) is 11.3 Å². The zero-order valence-corrected chi connectivity index (χ0v) is 24.5. The third-order valence-corrected chi connectivity index (χ3v) is 10.2. The average molecular weight is 607 g/mol. The number of hydrogen-bond acceptors (Lipinski definition) is 7. The second-order valence-corrected chi connectivity index (χ2v) is 12.3. The number of imide groups is 2. The highest BCUT2D eigenvalue weighted by Gasteiger charge is 2.68. The predicted molar refractivity (Wildman–Crippen MR) is 162 cm³/mol. The van der Waals surface area contributed by atoms with Gasteiger partial charge in [0.05, 0.1) is 47.2 Å². The molecular formula is C35H30N2O8. The summed E-state index contributed by atoms with van der Waals surface area (Å²) in [5.74, 6) is -6.64. The first kappa shape index (κ1) is 28.5. The lowest BCUT2D eigenvalue weighted by Gasteiger charge is -2.49. The quantitative estimate of drug-likeness (QED) is 0.319. The van der Waals surface area contributed by atoms with E-state index < -0.39 is 64.6 Å². The number of aromatic carboxylic acids is 1. The van der Waals surface area contributed by atoms with Gasteiger partial charge < -0.3 is 14.9 Å². The molecule has 0 radical (unpaired) electrons. The van der Waals surface area contributed by atoms with E-state index >= 15 is 0 Å². The Balaban J connectivity index is 1.38. The molecule has 1 saturated carbocycles. The number of allylic oxidation sites excluding steroid dienone is 2. The molecule has 6 atom stereocenters. The van der Waals surface area contributed by atoms with E-state index in [2.05, 4.69) is 0 Å². The second kappa shape index (κ2) is 10.2. The standard InChI is InChI=1S/C35H30N2O8/c1-35-25(31(40)37(34(35)44)19-9-4-3-5-10-19)17-24-21(28(35)23-12-7-13-26(45-2)29(23)38)14-15-22-27(24)32(41)36(30(22)39)20-11-6-8-18(16-20)33(42)43/h3-14,16,22,24-25,27-28,38H,15,17H2,1-2H3,(H,42,43)/t22-,24+,25-,27-,28+,35+/m0/s1. The van der Waals surface area contributed by atoms with Crippen molar-refractivity contribution in [2.24, 2.45) is 29.1 Å². The minimum Gasteiger partial charge on any atom is -0.504 e. The van der Waals surface area contributed by atoms with Crippen molar-refractivity contribution in [1.82, 2.24) is 0 Å². The van der Waals surface area contributed by atoms with Crippen LogP contribution in [-0.4, -0.2) is 46.9 Å². The molecule has 2 aliphatic heterocycles. The van der Waals surface area contributed by atoms with Crippen LogP contribution in [0.25, 0.3) is 0 Å². The molecule has 2 aliphatic carbocycles. The number of anilines is 2. The Morgan fingerprint density at radius 1 is 0.867 bits per heavy atom. The largest absolute Gasteiger partial charge is 0.504 e. The summed E-state index contributed by atoms with van der Waals surface area (Å²) in [5.41, 5.74) is 0.355. The van der Waals surface area contributed by atoms with Crippen molar-refractivity contribution in [3.63, 3.8) is 0 Å². The summed E-state index contributed by atoms with van der Waals surface area (Å²) in [4.78, 5) is 70.6. The fourth-order valence-electron chi connectivity index (χ4n) is 8.15.